The summed E-state index contributed by atoms with van der Waals surface area (Å²) >= 11 is 5.85. The molecule has 0 amide bonds. The molecule has 0 spiro atoms. The first-order valence-electron chi connectivity index (χ1n) is 7.06. The fourth-order valence-corrected chi connectivity index (χ4v) is 4.26. The molecule has 3 N–H and O–H groups in total. The third kappa shape index (κ3) is 4.39. The molecular formula is C14H20ClFN2O2S. The van der Waals surface area contributed by atoms with Crippen molar-refractivity contribution in [2.45, 2.75) is 49.0 Å². The van der Waals surface area contributed by atoms with Gasteiger partial charge >= 0.3 is 0 Å². The second-order valence-corrected chi connectivity index (χ2v) is 7.82. The van der Waals surface area contributed by atoms with Crippen LogP contribution < -0.4 is 10.5 Å². The van der Waals surface area contributed by atoms with E-state index in [2.05, 4.69) is 4.72 Å². The van der Waals surface area contributed by atoms with Crippen LogP contribution in [0, 0.1) is 5.82 Å². The summed E-state index contributed by atoms with van der Waals surface area (Å²) in [6.45, 7) is 0.141. The molecule has 7 heteroatoms. The minimum Gasteiger partial charge on any atom is -0.324 e. The summed E-state index contributed by atoms with van der Waals surface area (Å²) in [5.74, 6) is -0.642. The highest BCUT2D eigenvalue weighted by Crippen LogP contribution is 2.26. The molecule has 2 rings (SSSR count). The molecule has 21 heavy (non-hydrogen) atoms. The number of sulfonamides is 1. The Bertz CT molecular complexity index is 599. The Balaban J connectivity index is 2.12. The fraction of sp³-hybridized carbons (Fsp3) is 0.571. The Labute approximate surface area is 129 Å². The molecule has 0 atom stereocenters. The molecule has 0 aliphatic heterocycles. The van der Waals surface area contributed by atoms with Crippen molar-refractivity contribution in [1.29, 1.82) is 0 Å². The van der Waals surface area contributed by atoms with E-state index < -0.39 is 21.4 Å². The zero-order valence-corrected chi connectivity index (χ0v) is 13.3. The second kappa shape index (κ2) is 6.60. The lowest BCUT2D eigenvalue weighted by atomic mass is 9.92. The van der Waals surface area contributed by atoms with Gasteiger partial charge < -0.3 is 5.73 Å². The molecule has 1 aromatic rings. The van der Waals surface area contributed by atoms with Gasteiger partial charge in [0.2, 0.25) is 10.0 Å². The summed E-state index contributed by atoms with van der Waals surface area (Å²) in [5, 5.41) is -0.00385. The van der Waals surface area contributed by atoms with Gasteiger partial charge in [-0.25, -0.2) is 17.5 Å². The minimum absolute atomic E-state index is 0.00385. The fourth-order valence-electron chi connectivity index (χ4n) is 2.61. The highest BCUT2D eigenvalue weighted by atomic mass is 35.5. The maximum atomic E-state index is 13.2. The van der Waals surface area contributed by atoms with Gasteiger partial charge in [0.15, 0.2) is 0 Å². The molecule has 0 bridgehead atoms. The third-order valence-corrected chi connectivity index (χ3v) is 5.78. The van der Waals surface area contributed by atoms with Gasteiger partial charge in [0, 0.05) is 12.1 Å². The smallest absolute Gasteiger partial charge is 0.242 e. The molecule has 1 aliphatic carbocycles. The molecule has 0 saturated heterocycles. The summed E-state index contributed by atoms with van der Waals surface area (Å²) in [4.78, 5) is -0.249. The first kappa shape index (κ1) is 16.7. The van der Waals surface area contributed by atoms with Crippen LogP contribution in [0.1, 0.15) is 38.5 Å². The highest BCUT2D eigenvalue weighted by Gasteiger charge is 2.29. The number of hydrogen-bond donors (Lipinski definition) is 2. The predicted octanol–water partition coefficient (Wildman–Crippen LogP) is 2.81. The SMILES string of the molecule is NC1(CNS(=O)(=O)c2cc(F)ccc2Cl)CCCCCC1. The first-order chi connectivity index (χ1) is 9.82. The van der Waals surface area contributed by atoms with Gasteiger partial charge in [0.05, 0.1) is 5.02 Å². The van der Waals surface area contributed by atoms with Crippen molar-refractivity contribution in [1.82, 2.24) is 4.72 Å². The van der Waals surface area contributed by atoms with E-state index in [1.165, 1.54) is 6.07 Å². The van der Waals surface area contributed by atoms with Crippen molar-refractivity contribution in [2.24, 2.45) is 5.73 Å². The molecule has 0 aromatic heterocycles. The number of hydrogen-bond acceptors (Lipinski definition) is 3. The molecule has 0 heterocycles. The Morgan fingerprint density at radius 2 is 1.86 bits per heavy atom. The molecule has 1 aliphatic rings. The Hall–Kier alpha value is -0.690. The molecule has 0 radical (unpaired) electrons. The topological polar surface area (TPSA) is 72.2 Å². The van der Waals surface area contributed by atoms with Crippen molar-refractivity contribution in [3.05, 3.63) is 29.0 Å². The van der Waals surface area contributed by atoms with E-state index >= 15 is 0 Å². The van der Waals surface area contributed by atoms with Crippen molar-refractivity contribution >= 4 is 21.6 Å². The molecule has 118 valence electrons. The van der Waals surface area contributed by atoms with E-state index in [4.69, 9.17) is 17.3 Å². The molecule has 1 aromatic carbocycles. The van der Waals surface area contributed by atoms with Crippen molar-refractivity contribution < 1.29 is 12.8 Å². The predicted molar refractivity (Wildman–Crippen MR) is 81.2 cm³/mol. The van der Waals surface area contributed by atoms with Crippen LogP contribution in [0.3, 0.4) is 0 Å². The van der Waals surface area contributed by atoms with E-state index in [0.717, 1.165) is 50.7 Å². The molecule has 1 fully saturated rings. The van der Waals surface area contributed by atoms with E-state index in [9.17, 15) is 12.8 Å². The molecule has 1 saturated carbocycles. The van der Waals surface area contributed by atoms with Gasteiger partial charge in [-0.05, 0) is 31.0 Å². The van der Waals surface area contributed by atoms with Crippen molar-refractivity contribution in [3.8, 4) is 0 Å². The minimum atomic E-state index is -3.86. The van der Waals surface area contributed by atoms with Crippen molar-refractivity contribution in [3.63, 3.8) is 0 Å². The van der Waals surface area contributed by atoms with Crippen molar-refractivity contribution in [2.75, 3.05) is 6.54 Å². The summed E-state index contributed by atoms with van der Waals surface area (Å²) in [6.07, 6.45) is 5.82. The average molecular weight is 335 g/mol. The summed E-state index contributed by atoms with van der Waals surface area (Å²) < 4.78 is 40.2. The number of halogens is 2. The van der Waals surface area contributed by atoms with Gasteiger partial charge in [-0.15, -0.1) is 0 Å². The number of rotatable bonds is 4. The molecule has 0 unspecified atom stereocenters. The van der Waals surface area contributed by atoms with Crippen LogP contribution >= 0.6 is 11.6 Å². The van der Waals surface area contributed by atoms with Crippen LogP contribution in [0.4, 0.5) is 4.39 Å². The number of nitrogens with one attached hydrogen (secondary N) is 1. The van der Waals surface area contributed by atoms with Gasteiger partial charge in [-0.2, -0.15) is 0 Å². The Morgan fingerprint density at radius 3 is 2.48 bits per heavy atom. The highest BCUT2D eigenvalue weighted by molar-refractivity contribution is 7.89. The number of nitrogens with two attached hydrogens (primary N) is 1. The summed E-state index contributed by atoms with van der Waals surface area (Å²) in [6, 6.07) is 3.27. The lowest BCUT2D eigenvalue weighted by Gasteiger charge is -2.28. The Morgan fingerprint density at radius 1 is 1.24 bits per heavy atom. The Kier molecular flexibility index (Phi) is 5.24. The van der Waals surface area contributed by atoms with Crippen LogP contribution in [0.15, 0.2) is 23.1 Å². The second-order valence-electron chi connectivity index (χ2n) is 5.68. The van der Waals surface area contributed by atoms with E-state index in [1.54, 1.807) is 0 Å². The normalized spacial score (nSPS) is 19.2. The first-order valence-corrected chi connectivity index (χ1v) is 8.92. The monoisotopic (exact) mass is 334 g/mol. The maximum absolute atomic E-state index is 13.2. The van der Waals surface area contributed by atoms with Gasteiger partial charge in [0.25, 0.3) is 0 Å². The van der Waals surface area contributed by atoms with Gasteiger partial charge in [0.1, 0.15) is 10.7 Å². The van der Waals surface area contributed by atoms with E-state index in [1.807, 2.05) is 0 Å². The zero-order chi connectivity index (χ0) is 15.5. The average Bonchev–Trinajstić information content (AvgIpc) is 2.65. The van der Waals surface area contributed by atoms with Crippen LogP contribution in [-0.2, 0) is 10.0 Å². The lowest BCUT2D eigenvalue weighted by Crippen LogP contribution is -2.49. The standard InChI is InChI=1S/C14H20ClFN2O2S/c15-12-6-5-11(16)9-13(12)21(19,20)18-10-14(17)7-3-1-2-4-8-14/h5-6,9,18H,1-4,7-8,10,17H2. The third-order valence-electron chi connectivity index (χ3n) is 3.90. The van der Waals surface area contributed by atoms with Gasteiger partial charge in [-0.3, -0.25) is 0 Å². The summed E-state index contributed by atoms with van der Waals surface area (Å²) in [7, 11) is -3.86. The van der Waals surface area contributed by atoms with Crippen LogP contribution in [-0.4, -0.2) is 20.5 Å². The summed E-state index contributed by atoms with van der Waals surface area (Å²) in [5.41, 5.74) is 5.74. The molecule has 4 nitrogen and oxygen atoms in total. The quantitative estimate of drug-likeness (QED) is 0.832. The maximum Gasteiger partial charge on any atom is 0.242 e. The number of benzene rings is 1. The van der Waals surface area contributed by atoms with E-state index in [0.29, 0.717) is 0 Å². The van der Waals surface area contributed by atoms with Gasteiger partial charge in [-0.1, -0.05) is 37.3 Å². The largest absolute Gasteiger partial charge is 0.324 e. The molecular weight excluding hydrogens is 315 g/mol. The zero-order valence-electron chi connectivity index (χ0n) is 11.7. The van der Waals surface area contributed by atoms with Crippen LogP contribution in [0.5, 0.6) is 0 Å². The van der Waals surface area contributed by atoms with E-state index in [-0.39, 0.29) is 16.5 Å². The van der Waals surface area contributed by atoms with Crippen LogP contribution in [0.2, 0.25) is 5.02 Å². The lowest BCUT2D eigenvalue weighted by molar-refractivity contribution is 0.369. The van der Waals surface area contributed by atoms with Crippen LogP contribution in [0.25, 0.3) is 0 Å².